The first-order valence-electron chi connectivity index (χ1n) is 6.44. The number of carbonyl (C=O) groups is 1. The molecule has 0 saturated carbocycles. The maximum absolute atomic E-state index is 12.4. The highest BCUT2D eigenvalue weighted by molar-refractivity contribution is 5.95. The van der Waals surface area contributed by atoms with Gasteiger partial charge in [-0.25, -0.2) is 0 Å². The van der Waals surface area contributed by atoms with Gasteiger partial charge in [-0.1, -0.05) is 12.1 Å². The van der Waals surface area contributed by atoms with E-state index in [2.05, 4.69) is 15.5 Å². The summed E-state index contributed by atoms with van der Waals surface area (Å²) < 4.78 is 0. The number of benzene rings is 1. The van der Waals surface area contributed by atoms with E-state index in [1.165, 1.54) is 0 Å². The van der Waals surface area contributed by atoms with Crippen molar-refractivity contribution in [2.24, 2.45) is 0 Å². The van der Waals surface area contributed by atoms with Crippen LogP contribution in [0.4, 0.5) is 0 Å². The summed E-state index contributed by atoms with van der Waals surface area (Å²) in [6.07, 6.45) is 3.59. The molecular weight excluding hydrogens is 240 g/mol. The van der Waals surface area contributed by atoms with Crippen molar-refractivity contribution in [2.75, 3.05) is 26.2 Å². The van der Waals surface area contributed by atoms with Gasteiger partial charge in [0.2, 0.25) is 0 Å². The molecule has 0 spiro atoms. The van der Waals surface area contributed by atoms with Crippen LogP contribution in [0.1, 0.15) is 10.4 Å². The second kappa shape index (κ2) is 5.24. The summed E-state index contributed by atoms with van der Waals surface area (Å²) in [4.78, 5) is 14.3. The summed E-state index contributed by atoms with van der Waals surface area (Å²) in [7, 11) is 0. The van der Waals surface area contributed by atoms with E-state index in [0.29, 0.717) is 0 Å². The van der Waals surface area contributed by atoms with Crippen molar-refractivity contribution in [3.8, 4) is 11.1 Å². The second-order valence-electron chi connectivity index (χ2n) is 4.61. The maximum atomic E-state index is 12.4. The van der Waals surface area contributed by atoms with Gasteiger partial charge in [-0.3, -0.25) is 9.89 Å². The average Bonchev–Trinajstić information content (AvgIpc) is 3.02. The van der Waals surface area contributed by atoms with Crippen molar-refractivity contribution < 1.29 is 4.79 Å². The monoisotopic (exact) mass is 256 g/mol. The van der Waals surface area contributed by atoms with Gasteiger partial charge in [-0.05, 0) is 17.7 Å². The molecule has 3 rings (SSSR count). The van der Waals surface area contributed by atoms with Crippen LogP contribution in [0, 0.1) is 0 Å². The van der Waals surface area contributed by atoms with Crippen LogP contribution in [0.2, 0.25) is 0 Å². The Morgan fingerprint density at radius 2 is 2.05 bits per heavy atom. The van der Waals surface area contributed by atoms with Gasteiger partial charge in [-0.15, -0.1) is 0 Å². The van der Waals surface area contributed by atoms with E-state index in [4.69, 9.17) is 0 Å². The van der Waals surface area contributed by atoms with E-state index in [0.717, 1.165) is 42.9 Å². The van der Waals surface area contributed by atoms with Crippen LogP contribution >= 0.6 is 0 Å². The molecule has 19 heavy (non-hydrogen) atoms. The smallest absolute Gasteiger partial charge is 0.253 e. The molecule has 5 heteroatoms. The van der Waals surface area contributed by atoms with Gasteiger partial charge < -0.3 is 10.2 Å². The minimum atomic E-state index is 0.104. The third-order valence-corrected chi connectivity index (χ3v) is 3.35. The van der Waals surface area contributed by atoms with Crippen LogP contribution < -0.4 is 5.32 Å². The standard InChI is InChI=1S/C14H16N4O/c19-14(18-6-4-15-5-7-18)12-3-1-2-11(8-12)13-9-16-17-10-13/h1-3,8-10,15H,4-7H2,(H,16,17). The van der Waals surface area contributed by atoms with Crippen LogP contribution in [0.15, 0.2) is 36.7 Å². The molecule has 5 nitrogen and oxygen atoms in total. The van der Waals surface area contributed by atoms with Crippen LogP contribution in [0.25, 0.3) is 11.1 Å². The zero-order valence-corrected chi connectivity index (χ0v) is 10.6. The number of amides is 1. The highest BCUT2D eigenvalue weighted by Gasteiger charge is 2.18. The van der Waals surface area contributed by atoms with Crippen molar-refractivity contribution in [1.29, 1.82) is 0 Å². The molecule has 2 heterocycles. The summed E-state index contributed by atoms with van der Waals surface area (Å²) in [5, 5.41) is 9.97. The first-order valence-corrected chi connectivity index (χ1v) is 6.44. The van der Waals surface area contributed by atoms with E-state index in [1.807, 2.05) is 35.4 Å². The second-order valence-corrected chi connectivity index (χ2v) is 4.61. The minimum Gasteiger partial charge on any atom is -0.336 e. The number of rotatable bonds is 2. The van der Waals surface area contributed by atoms with Gasteiger partial charge in [0.25, 0.3) is 5.91 Å². The zero-order chi connectivity index (χ0) is 13.1. The molecule has 0 radical (unpaired) electrons. The average molecular weight is 256 g/mol. The van der Waals surface area contributed by atoms with E-state index < -0.39 is 0 Å². The molecule has 1 aliphatic rings. The Morgan fingerprint density at radius 1 is 1.21 bits per heavy atom. The van der Waals surface area contributed by atoms with Crippen LogP contribution in [-0.4, -0.2) is 47.2 Å². The highest BCUT2D eigenvalue weighted by atomic mass is 16.2. The molecule has 1 saturated heterocycles. The van der Waals surface area contributed by atoms with E-state index in [-0.39, 0.29) is 5.91 Å². The fraction of sp³-hybridized carbons (Fsp3) is 0.286. The number of H-pyrrole nitrogens is 1. The molecule has 0 aliphatic carbocycles. The van der Waals surface area contributed by atoms with Gasteiger partial charge in [-0.2, -0.15) is 5.10 Å². The lowest BCUT2D eigenvalue weighted by atomic mass is 10.1. The summed E-state index contributed by atoms with van der Waals surface area (Å²) in [5.41, 5.74) is 2.74. The fourth-order valence-corrected chi connectivity index (χ4v) is 2.29. The van der Waals surface area contributed by atoms with Crippen LogP contribution in [0.3, 0.4) is 0 Å². The first-order chi connectivity index (χ1) is 9.34. The third kappa shape index (κ3) is 2.51. The molecule has 1 fully saturated rings. The Morgan fingerprint density at radius 3 is 2.79 bits per heavy atom. The molecule has 0 atom stereocenters. The minimum absolute atomic E-state index is 0.104. The number of nitrogens with zero attached hydrogens (tertiary/aromatic N) is 2. The molecule has 2 aromatic rings. The number of aromatic amines is 1. The predicted octanol–water partition coefficient (Wildman–Crippen LogP) is 1.12. The number of nitrogens with one attached hydrogen (secondary N) is 2. The van der Waals surface area contributed by atoms with Gasteiger partial charge in [0, 0.05) is 43.5 Å². The Balaban J connectivity index is 1.84. The SMILES string of the molecule is O=C(c1cccc(-c2cn[nH]c2)c1)N1CCNCC1. The Bertz CT molecular complexity index is 559. The number of piperazine rings is 1. The number of carbonyl (C=O) groups excluding carboxylic acids is 1. The Hall–Kier alpha value is -2.14. The van der Waals surface area contributed by atoms with Crippen LogP contribution in [-0.2, 0) is 0 Å². The lowest BCUT2D eigenvalue weighted by molar-refractivity contribution is 0.0736. The fourth-order valence-electron chi connectivity index (χ4n) is 2.29. The number of hydrogen-bond acceptors (Lipinski definition) is 3. The molecule has 1 aromatic heterocycles. The topological polar surface area (TPSA) is 61.0 Å². The predicted molar refractivity (Wildman–Crippen MR) is 72.8 cm³/mol. The molecule has 1 aliphatic heterocycles. The van der Waals surface area contributed by atoms with Crippen molar-refractivity contribution >= 4 is 5.91 Å². The highest BCUT2D eigenvalue weighted by Crippen LogP contribution is 2.19. The quantitative estimate of drug-likeness (QED) is 0.846. The molecule has 0 unspecified atom stereocenters. The lowest BCUT2D eigenvalue weighted by Gasteiger charge is -2.27. The molecule has 0 bridgehead atoms. The summed E-state index contributed by atoms with van der Waals surface area (Å²) in [6.45, 7) is 3.28. The van der Waals surface area contributed by atoms with Crippen molar-refractivity contribution in [1.82, 2.24) is 20.4 Å². The molecule has 2 N–H and O–H groups in total. The maximum Gasteiger partial charge on any atom is 0.253 e. The third-order valence-electron chi connectivity index (χ3n) is 3.35. The Labute approximate surface area is 111 Å². The van der Waals surface area contributed by atoms with Gasteiger partial charge >= 0.3 is 0 Å². The van der Waals surface area contributed by atoms with E-state index >= 15 is 0 Å². The number of aromatic nitrogens is 2. The number of hydrogen-bond donors (Lipinski definition) is 2. The lowest BCUT2D eigenvalue weighted by Crippen LogP contribution is -2.46. The van der Waals surface area contributed by atoms with Gasteiger partial charge in [0.1, 0.15) is 0 Å². The van der Waals surface area contributed by atoms with Crippen molar-refractivity contribution in [2.45, 2.75) is 0 Å². The normalized spacial score (nSPS) is 15.5. The van der Waals surface area contributed by atoms with E-state index in [9.17, 15) is 4.79 Å². The first kappa shape index (κ1) is 11.9. The molecule has 1 aromatic carbocycles. The zero-order valence-electron chi connectivity index (χ0n) is 10.6. The molecule has 98 valence electrons. The van der Waals surface area contributed by atoms with E-state index in [1.54, 1.807) is 6.20 Å². The summed E-state index contributed by atoms with van der Waals surface area (Å²) >= 11 is 0. The molecular formula is C14H16N4O. The van der Waals surface area contributed by atoms with Crippen molar-refractivity contribution in [3.05, 3.63) is 42.2 Å². The summed E-state index contributed by atoms with van der Waals surface area (Å²) in [5.74, 6) is 0.104. The van der Waals surface area contributed by atoms with Crippen molar-refractivity contribution in [3.63, 3.8) is 0 Å². The van der Waals surface area contributed by atoms with Gasteiger partial charge in [0.15, 0.2) is 0 Å². The Kier molecular flexibility index (Phi) is 3.29. The summed E-state index contributed by atoms with van der Waals surface area (Å²) in [6, 6.07) is 7.69. The van der Waals surface area contributed by atoms with Gasteiger partial charge in [0.05, 0.1) is 6.20 Å². The largest absolute Gasteiger partial charge is 0.336 e. The molecule has 1 amide bonds. The van der Waals surface area contributed by atoms with Crippen LogP contribution in [0.5, 0.6) is 0 Å².